The molecule has 0 spiro atoms. The summed E-state index contributed by atoms with van der Waals surface area (Å²) in [6.07, 6.45) is 4.11. The number of hydrogen-bond donors (Lipinski definition) is 1. The van der Waals surface area contributed by atoms with Gasteiger partial charge in [-0.15, -0.1) is 0 Å². The smallest absolute Gasteiger partial charge is 0.137 e. The van der Waals surface area contributed by atoms with E-state index in [0.29, 0.717) is 11.1 Å². The quantitative estimate of drug-likeness (QED) is 0.653. The molecule has 0 aliphatic heterocycles. The van der Waals surface area contributed by atoms with Gasteiger partial charge in [0.2, 0.25) is 0 Å². The molecule has 0 radical (unpaired) electrons. The molecular weight excluding hydrogens is 333 g/mol. The van der Waals surface area contributed by atoms with E-state index < -0.39 is 0 Å². The lowest BCUT2D eigenvalue weighted by molar-refractivity contribution is 0.0281. The Kier molecular flexibility index (Phi) is 9.13. The minimum atomic E-state index is -0.204. The largest absolute Gasteiger partial charge is 0.377 e. The zero-order valence-electron chi connectivity index (χ0n) is 13.3. The number of nitrogens with one attached hydrogen (secondary N) is 1. The van der Waals surface area contributed by atoms with Crippen molar-refractivity contribution in [3.05, 3.63) is 34.1 Å². The first-order valence-corrected chi connectivity index (χ1v) is 8.71. The fourth-order valence-electron chi connectivity index (χ4n) is 2.51. The van der Waals surface area contributed by atoms with Crippen LogP contribution < -0.4 is 5.32 Å². The Morgan fingerprint density at radius 3 is 2.62 bits per heavy atom. The van der Waals surface area contributed by atoms with Gasteiger partial charge in [-0.1, -0.05) is 32.4 Å². The average molecular weight is 360 g/mol. The predicted octanol–water partition coefficient (Wildman–Crippen LogP) is 4.70. The van der Waals surface area contributed by atoms with E-state index in [-0.39, 0.29) is 18.0 Å². The third-order valence-electron chi connectivity index (χ3n) is 3.53. The Morgan fingerprint density at radius 2 is 2.00 bits per heavy atom. The van der Waals surface area contributed by atoms with Crippen LogP contribution in [0.2, 0.25) is 0 Å². The zero-order valence-corrected chi connectivity index (χ0v) is 14.9. The van der Waals surface area contributed by atoms with E-state index in [1.54, 1.807) is 6.07 Å². The second-order valence-corrected chi connectivity index (χ2v) is 6.05. The van der Waals surface area contributed by atoms with Crippen LogP contribution in [0, 0.1) is 5.82 Å². The second kappa shape index (κ2) is 10.3. The van der Waals surface area contributed by atoms with Crippen molar-refractivity contribution >= 4 is 15.9 Å². The molecule has 21 heavy (non-hydrogen) atoms. The summed E-state index contributed by atoms with van der Waals surface area (Å²) < 4.78 is 20.2. The molecule has 0 aromatic heterocycles. The van der Waals surface area contributed by atoms with Crippen LogP contribution in [-0.4, -0.2) is 25.3 Å². The van der Waals surface area contributed by atoms with Crippen LogP contribution in [-0.2, 0) is 11.2 Å². The van der Waals surface area contributed by atoms with Crippen molar-refractivity contribution in [2.75, 3.05) is 13.2 Å². The van der Waals surface area contributed by atoms with E-state index >= 15 is 0 Å². The molecule has 0 saturated carbocycles. The SMILES string of the molecule is CCCNC(Cc1cccc(F)c1Br)C(CCC)OCC. The fraction of sp³-hybridized carbons (Fsp3) is 0.647. The predicted molar refractivity (Wildman–Crippen MR) is 90.2 cm³/mol. The van der Waals surface area contributed by atoms with Crippen molar-refractivity contribution < 1.29 is 9.13 Å². The molecule has 0 aliphatic rings. The van der Waals surface area contributed by atoms with E-state index in [9.17, 15) is 4.39 Å². The molecule has 2 atom stereocenters. The zero-order chi connectivity index (χ0) is 15.7. The van der Waals surface area contributed by atoms with Crippen molar-refractivity contribution in [2.45, 2.75) is 58.6 Å². The molecule has 0 amide bonds. The lowest BCUT2D eigenvalue weighted by Crippen LogP contribution is -2.43. The van der Waals surface area contributed by atoms with Gasteiger partial charge < -0.3 is 10.1 Å². The topological polar surface area (TPSA) is 21.3 Å². The van der Waals surface area contributed by atoms with Crippen LogP contribution in [0.5, 0.6) is 0 Å². The summed E-state index contributed by atoms with van der Waals surface area (Å²) >= 11 is 3.36. The molecule has 2 unspecified atom stereocenters. The van der Waals surface area contributed by atoms with Gasteiger partial charge in [-0.25, -0.2) is 4.39 Å². The van der Waals surface area contributed by atoms with Gasteiger partial charge in [0.15, 0.2) is 0 Å². The van der Waals surface area contributed by atoms with Gasteiger partial charge in [0.05, 0.1) is 10.6 Å². The van der Waals surface area contributed by atoms with E-state index in [1.807, 2.05) is 13.0 Å². The van der Waals surface area contributed by atoms with Crippen molar-refractivity contribution in [1.82, 2.24) is 5.32 Å². The van der Waals surface area contributed by atoms with Gasteiger partial charge in [0.1, 0.15) is 5.82 Å². The molecule has 1 rings (SSSR count). The molecule has 0 saturated heterocycles. The van der Waals surface area contributed by atoms with Gasteiger partial charge in [0, 0.05) is 12.6 Å². The first-order valence-electron chi connectivity index (χ1n) is 7.91. The summed E-state index contributed by atoms with van der Waals surface area (Å²) in [5.74, 6) is -0.204. The summed E-state index contributed by atoms with van der Waals surface area (Å²) in [6.45, 7) is 8.00. The maximum absolute atomic E-state index is 13.7. The molecule has 120 valence electrons. The highest BCUT2D eigenvalue weighted by atomic mass is 79.9. The summed E-state index contributed by atoms with van der Waals surface area (Å²) in [5, 5.41) is 3.57. The molecular formula is C17H27BrFNO. The third kappa shape index (κ3) is 6.05. The van der Waals surface area contributed by atoms with Crippen LogP contribution in [0.3, 0.4) is 0 Å². The van der Waals surface area contributed by atoms with Crippen molar-refractivity contribution in [2.24, 2.45) is 0 Å². The first-order chi connectivity index (χ1) is 10.1. The molecule has 0 aliphatic carbocycles. The number of hydrogen-bond acceptors (Lipinski definition) is 2. The van der Waals surface area contributed by atoms with Crippen LogP contribution in [0.15, 0.2) is 22.7 Å². The number of benzene rings is 1. The monoisotopic (exact) mass is 359 g/mol. The van der Waals surface area contributed by atoms with Crippen LogP contribution in [0.25, 0.3) is 0 Å². The van der Waals surface area contributed by atoms with E-state index in [1.165, 1.54) is 6.07 Å². The van der Waals surface area contributed by atoms with E-state index in [0.717, 1.165) is 37.8 Å². The molecule has 4 heteroatoms. The molecule has 1 aromatic rings. The summed E-state index contributed by atoms with van der Waals surface area (Å²) in [5.41, 5.74) is 0.990. The Bertz CT molecular complexity index is 408. The van der Waals surface area contributed by atoms with Crippen LogP contribution in [0.1, 0.15) is 45.6 Å². The van der Waals surface area contributed by atoms with Gasteiger partial charge in [-0.3, -0.25) is 0 Å². The average Bonchev–Trinajstić information content (AvgIpc) is 2.47. The minimum Gasteiger partial charge on any atom is -0.377 e. The van der Waals surface area contributed by atoms with Gasteiger partial charge in [-0.2, -0.15) is 0 Å². The Hall–Kier alpha value is -0.450. The third-order valence-corrected chi connectivity index (χ3v) is 4.42. The lowest BCUT2D eigenvalue weighted by atomic mass is 9.98. The number of rotatable bonds is 10. The second-order valence-electron chi connectivity index (χ2n) is 5.26. The fourth-order valence-corrected chi connectivity index (χ4v) is 2.93. The number of ether oxygens (including phenoxy) is 1. The van der Waals surface area contributed by atoms with E-state index in [2.05, 4.69) is 35.1 Å². The van der Waals surface area contributed by atoms with Crippen molar-refractivity contribution in [3.63, 3.8) is 0 Å². The van der Waals surface area contributed by atoms with Gasteiger partial charge in [-0.05, 0) is 60.3 Å². The summed E-state index contributed by atoms with van der Waals surface area (Å²) in [4.78, 5) is 0. The van der Waals surface area contributed by atoms with Gasteiger partial charge in [0.25, 0.3) is 0 Å². The molecule has 2 nitrogen and oxygen atoms in total. The minimum absolute atomic E-state index is 0.168. The highest BCUT2D eigenvalue weighted by Gasteiger charge is 2.22. The Morgan fingerprint density at radius 1 is 1.24 bits per heavy atom. The maximum Gasteiger partial charge on any atom is 0.137 e. The van der Waals surface area contributed by atoms with Gasteiger partial charge >= 0.3 is 0 Å². The highest BCUT2D eigenvalue weighted by molar-refractivity contribution is 9.10. The van der Waals surface area contributed by atoms with Crippen molar-refractivity contribution in [1.29, 1.82) is 0 Å². The van der Waals surface area contributed by atoms with Crippen LogP contribution >= 0.6 is 15.9 Å². The number of halogens is 2. The molecule has 1 aromatic carbocycles. The lowest BCUT2D eigenvalue weighted by Gasteiger charge is -2.28. The standard InChI is InChI=1S/C17H27BrFNO/c1-4-8-16(21-6-3)15(20-11-5-2)12-13-9-7-10-14(19)17(13)18/h7,9-10,15-16,20H,4-6,8,11-12H2,1-3H3. The molecule has 0 fully saturated rings. The summed E-state index contributed by atoms with van der Waals surface area (Å²) in [6, 6.07) is 5.43. The highest BCUT2D eigenvalue weighted by Crippen LogP contribution is 2.23. The Balaban J connectivity index is 2.87. The first kappa shape index (κ1) is 18.6. The van der Waals surface area contributed by atoms with E-state index in [4.69, 9.17) is 4.74 Å². The van der Waals surface area contributed by atoms with Crippen LogP contribution in [0.4, 0.5) is 4.39 Å². The molecule has 1 N–H and O–H groups in total. The molecule has 0 heterocycles. The summed E-state index contributed by atoms with van der Waals surface area (Å²) in [7, 11) is 0. The normalized spacial score (nSPS) is 14.1. The maximum atomic E-state index is 13.7. The Labute approximate surface area is 136 Å². The molecule has 0 bridgehead atoms. The van der Waals surface area contributed by atoms with Crippen molar-refractivity contribution in [3.8, 4) is 0 Å².